The van der Waals surface area contributed by atoms with E-state index in [9.17, 15) is 4.79 Å². The van der Waals surface area contributed by atoms with Crippen molar-refractivity contribution in [2.75, 3.05) is 6.61 Å². The van der Waals surface area contributed by atoms with Crippen LogP contribution in [0.4, 0.5) is 0 Å². The van der Waals surface area contributed by atoms with Crippen molar-refractivity contribution < 1.29 is 9.53 Å². The van der Waals surface area contributed by atoms with Crippen LogP contribution < -0.4 is 0 Å². The summed E-state index contributed by atoms with van der Waals surface area (Å²) in [6.07, 6.45) is 4.91. The highest BCUT2D eigenvalue weighted by Gasteiger charge is 2.11. The second kappa shape index (κ2) is 9.56. The highest BCUT2D eigenvalue weighted by molar-refractivity contribution is 6.52. The van der Waals surface area contributed by atoms with Crippen molar-refractivity contribution in [1.29, 1.82) is 0 Å². The molecule has 0 bridgehead atoms. The van der Waals surface area contributed by atoms with Gasteiger partial charge in [0.2, 0.25) is 4.84 Å². The van der Waals surface area contributed by atoms with Gasteiger partial charge in [0.05, 0.1) is 6.61 Å². The van der Waals surface area contributed by atoms with Crippen LogP contribution in [0.1, 0.15) is 39.0 Å². The van der Waals surface area contributed by atoms with Crippen molar-refractivity contribution in [3.8, 4) is 0 Å². The van der Waals surface area contributed by atoms with E-state index in [1.807, 2.05) is 0 Å². The zero-order chi connectivity index (χ0) is 11.7. The zero-order valence-corrected chi connectivity index (χ0v) is 11.1. The molecule has 0 saturated heterocycles. The van der Waals surface area contributed by atoms with Gasteiger partial charge in [-0.05, 0) is 19.3 Å². The molecule has 0 radical (unpaired) electrons. The molecule has 0 saturated carbocycles. The molecule has 90 valence electrons. The first-order chi connectivity index (χ1) is 7.07. The van der Waals surface area contributed by atoms with Crippen LogP contribution in [-0.4, -0.2) is 22.8 Å². The first-order valence-electron chi connectivity index (χ1n) is 5.16. The van der Waals surface area contributed by atoms with Crippen LogP contribution in [0.5, 0.6) is 0 Å². The smallest absolute Gasteiger partial charge is 0.339 e. The van der Waals surface area contributed by atoms with E-state index >= 15 is 0 Å². The van der Waals surface area contributed by atoms with Crippen LogP contribution in [0.3, 0.4) is 0 Å². The van der Waals surface area contributed by atoms with Crippen molar-refractivity contribution in [1.82, 2.24) is 0 Å². The van der Waals surface area contributed by atoms with Crippen molar-refractivity contribution in [3.63, 3.8) is 0 Å². The molecule has 5 heteroatoms. The summed E-state index contributed by atoms with van der Waals surface area (Å²) in [7, 11) is 0. The molecule has 0 aromatic rings. The van der Waals surface area contributed by atoms with Gasteiger partial charge in [0.1, 0.15) is 0 Å². The van der Waals surface area contributed by atoms with E-state index in [1.165, 1.54) is 0 Å². The quantitative estimate of drug-likeness (QED) is 0.381. The van der Waals surface area contributed by atoms with Crippen LogP contribution in [0, 0.1) is 0 Å². The number of ether oxygens (including phenoxy) is 1. The Labute approximate surface area is 106 Å². The van der Waals surface area contributed by atoms with E-state index in [0.717, 1.165) is 32.1 Å². The average molecular weight is 276 g/mol. The maximum Gasteiger partial charge on any atom is 0.339 e. The highest BCUT2D eigenvalue weighted by atomic mass is 35.5. The first kappa shape index (κ1) is 15.3. The molecule has 0 aromatic heterocycles. The molecule has 0 heterocycles. The fourth-order valence-corrected chi connectivity index (χ4v) is 1.36. The Hall–Kier alpha value is 0.340. The van der Waals surface area contributed by atoms with Crippen molar-refractivity contribution >= 4 is 40.8 Å². The van der Waals surface area contributed by atoms with Gasteiger partial charge in [-0.25, -0.2) is 4.79 Å². The number of hydrogen-bond donors (Lipinski definition) is 0. The van der Waals surface area contributed by atoms with E-state index in [4.69, 9.17) is 39.5 Å². The number of alkyl halides is 3. The molecule has 15 heavy (non-hydrogen) atoms. The largest absolute Gasteiger partial charge is 0.464 e. The summed E-state index contributed by atoms with van der Waals surface area (Å²) in [5.74, 6) is -0.567. The highest BCUT2D eigenvalue weighted by Crippen LogP contribution is 2.12. The summed E-state index contributed by atoms with van der Waals surface area (Å²) in [6.45, 7) is 2.45. The zero-order valence-electron chi connectivity index (χ0n) is 8.85. The van der Waals surface area contributed by atoms with Crippen LogP contribution in [0.25, 0.3) is 0 Å². The summed E-state index contributed by atoms with van der Waals surface area (Å²) in [6, 6.07) is 0. The Kier molecular flexibility index (Phi) is 9.77. The number of hydrogen-bond acceptors (Lipinski definition) is 2. The molecule has 1 unspecified atom stereocenters. The van der Waals surface area contributed by atoms with Gasteiger partial charge in [-0.3, -0.25) is 0 Å². The third kappa shape index (κ3) is 9.28. The second-order valence-corrected chi connectivity index (χ2v) is 5.04. The maximum absolute atomic E-state index is 10.8. The lowest BCUT2D eigenvalue weighted by Crippen LogP contribution is -2.13. The molecule has 0 amide bonds. The van der Waals surface area contributed by atoms with Crippen LogP contribution in [0.15, 0.2) is 0 Å². The molecule has 0 aliphatic carbocycles. The predicted molar refractivity (Wildman–Crippen MR) is 64.9 cm³/mol. The molecular formula is C10H17Cl3O2. The summed E-state index contributed by atoms with van der Waals surface area (Å²) in [5.41, 5.74) is 0. The average Bonchev–Trinajstić information content (AvgIpc) is 2.22. The molecule has 0 aliphatic heterocycles. The lowest BCUT2D eigenvalue weighted by molar-refractivity contribution is -0.141. The predicted octanol–water partition coefficient (Wildman–Crippen LogP) is 3.91. The molecule has 2 nitrogen and oxygen atoms in total. The van der Waals surface area contributed by atoms with E-state index in [1.54, 1.807) is 0 Å². The Bertz CT molecular complexity index is 174. The lowest BCUT2D eigenvalue weighted by atomic mass is 10.1. The number of carbonyl (C=O) groups excluding carboxylic acids is 1. The third-order valence-corrected chi connectivity index (χ3v) is 2.91. The molecule has 0 spiro atoms. The van der Waals surface area contributed by atoms with Crippen LogP contribution >= 0.6 is 34.8 Å². The third-order valence-electron chi connectivity index (χ3n) is 2.03. The normalized spacial score (nSPS) is 12.9. The number of esters is 1. The minimum Gasteiger partial charge on any atom is -0.464 e. The monoisotopic (exact) mass is 274 g/mol. The Balaban J connectivity index is 3.22. The number of carbonyl (C=O) groups is 1. The van der Waals surface area contributed by atoms with Gasteiger partial charge in [0.25, 0.3) is 0 Å². The van der Waals surface area contributed by atoms with Crippen molar-refractivity contribution in [2.24, 2.45) is 0 Å². The van der Waals surface area contributed by atoms with Gasteiger partial charge in [0.15, 0.2) is 0 Å². The van der Waals surface area contributed by atoms with Gasteiger partial charge >= 0.3 is 5.97 Å². The minimum atomic E-state index is -1.07. The molecule has 0 N–H and O–H groups in total. The fourth-order valence-electron chi connectivity index (χ4n) is 1.08. The minimum absolute atomic E-state index is 0.266. The summed E-state index contributed by atoms with van der Waals surface area (Å²) in [5, 5.41) is 0.266. The topological polar surface area (TPSA) is 26.3 Å². The van der Waals surface area contributed by atoms with Gasteiger partial charge in [-0.15, -0.1) is 11.6 Å². The summed E-state index contributed by atoms with van der Waals surface area (Å²) >= 11 is 16.6. The van der Waals surface area contributed by atoms with E-state index < -0.39 is 10.8 Å². The summed E-state index contributed by atoms with van der Waals surface area (Å²) in [4.78, 5) is 9.75. The summed E-state index contributed by atoms with van der Waals surface area (Å²) < 4.78 is 4.80. The Morgan fingerprint density at radius 1 is 1.20 bits per heavy atom. The van der Waals surface area contributed by atoms with E-state index in [2.05, 4.69) is 6.92 Å². The standard InChI is InChI=1S/C10H17Cl3O2/c1-2-8(11)6-4-3-5-7-15-10(14)9(12)13/h8-9H,2-7H2,1H3. The van der Waals surface area contributed by atoms with Gasteiger partial charge in [-0.1, -0.05) is 43.0 Å². The second-order valence-electron chi connectivity index (χ2n) is 3.32. The van der Waals surface area contributed by atoms with Crippen LogP contribution in [0.2, 0.25) is 0 Å². The molecule has 0 aromatic carbocycles. The SMILES string of the molecule is CCC(Cl)CCCCCOC(=O)C(Cl)Cl. The number of rotatable bonds is 8. The molecule has 0 fully saturated rings. The lowest BCUT2D eigenvalue weighted by Gasteiger charge is -2.06. The first-order valence-corrected chi connectivity index (χ1v) is 6.47. The van der Waals surface area contributed by atoms with Gasteiger partial charge < -0.3 is 4.74 Å². The molecule has 0 rings (SSSR count). The Morgan fingerprint density at radius 2 is 1.87 bits per heavy atom. The Morgan fingerprint density at radius 3 is 2.40 bits per heavy atom. The molecule has 1 atom stereocenters. The van der Waals surface area contributed by atoms with Gasteiger partial charge in [0, 0.05) is 5.38 Å². The van der Waals surface area contributed by atoms with Crippen molar-refractivity contribution in [3.05, 3.63) is 0 Å². The van der Waals surface area contributed by atoms with E-state index in [0.29, 0.717) is 6.61 Å². The van der Waals surface area contributed by atoms with Gasteiger partial charge in [-0.2, -0.15) is 0 Å². The number of unbranched alkanes of at least 4 members (excludes halogenated alkanes) is 2. The molecule has 0 aliphatic rings. The number of halogens is 3. The maximum atomic E-state index is 10.8. The fraction of sp³-hybridized carbons (Fsp3) is 0.900. The van der Waals surface area contributed by atoms with Crippen LogP contribution in [-0.2, 0) is 9.53 Å². The molecular weight excluding hydrogens is 258 g/mol. The van der Waals surface area contributed by atoms with E-state index in [-0.39, 0.29) is 5.38 Å². The van der Waals surface area contributed by atoms with Crippen molar-refractivity contribution in [2.45, 2.75) is 49.2 Å².